The molecule has 1 nitrogen and oxygen atoms in total. The molecular weight excluding hydrogens is 196 g/mol. The minimum Gasteiger partial charge on any atom is -0.390 e. The zero-order chi connectivity index (χ0) is 11.0. The molecule has 0 aliphatic heterocycles. The quantitative estimate of drug-likeness (QED) is 0.762. The van der Waals surface area contributed by atoms with Crippen molar-refractivity contribution in [1.82, 2.24) is 0 Å². The highest BCUT2D eigenvalue weighted by Gasteiger charge is 2.48. The number of aliphatic hydroxyl groups is 1. The lowest BCUT2D eigenvalue weighted by atomic mass is 9.73. The van der Waals surface area contributed by atoms with Gasteiger partial charge in [0.2, 0.25) is 0 Å². The van der Waals surface area contributed by atoms with Crippen molar-refractivity contribution >= 4 is 0 Å². The van der Waals surface area contributed by atoms with Crippen LogP contribution in [0.2, 0.25) is 0 Å². The van der Waals surface area contributed by atoms with Crippen molar-refractivity contribution in [3.63, 3.8) is 0 Å². The van der Waals surface area contributed by atoms with Crippen LogP contribution in [0.4, 0.5) is 0 Å². The lowest BCUT2D eigenvalue weighted by molar-refractivity contribution is -0.0307. The van der Waals surface area contributed by atoms with Crippen LogP contribution in [-0.2, 0) is 0 Å². The van der Waals surface area contributed by atoms with E-state index in [0.717, 1.165) is 12.8 Å². The van der Waals surface area contributed by atoms with Gasteiger partial charge in [-0.1, -0.05) is 43.2 Å². The molecular formula is C15H20O. The zero-order valence-electron chi connectivity index (χ0n) is 9.73. The molecule has 3 atom stereocenters. The molecule has 0 bridgehead atoms. The molecule has 2 aliphatic carbocycles. The van der Waals surface area contributed by atoms with Crippen LogP contribution < -0.4 is 0 Å². The maximum absolute atomic E-state index is 10.6. The van der Waals surface area contributed by atoms with E-state index in [2.05, 4.69) is 30.3 Å². The van der Waals surface area contributed by atoms with Gasteiger partial charge >= 0.3 is 0 Å². The zero-order valence-corrected chi connectivity index (χ0v) is 9.73. The molecule has 0 amide bonds. The van der Waals surface area contributed by atoms with E-state index in [1.54, 1.807) is 0 Å². The summed E-state index contributed by atoms with van der Waals surface area (Å²) in [5, 5.41) is 10.6. The number of hydrogen-bond acceptors (Lipinski definition) is 1. The third-order valence-electron chi connectivity index (χ3n) is 4.67. The smallest absolute Gasteiger partial charge is 0.0681 e. The Morgan fingerprint density at radius 3 is 2.62 bits per heavy atom. The summed E-state index contributed by atoms with van der Waals surface area (Å²) in [4.78, 5) is 0. The Kier molecular flexibility index (Phi) is 2.51. The SMILES string of the molecule is O[C@@]12CCCC[C@@H]1[C@H](c1ccccc1)CC2. The minimum atomic E-state index is -0.335. The molecule has 0 spiro atoms. The average Bonchev–Trinajstić information content (AvgIpc) is 2.67. The van der Waals surface area contributed by atoms with Crippen LogP contribution in [0.3, 0.4) is 0 Å². The van der Waals surface area contributed by atoms with Crippen molar-refractivity contribution in [1.29, 1.82) is 0 Å². The summed E-state index contributed by atoms with van der Waals surface area (Å²) in [5.74, 6) is 1.12. The van der Waals surface area contributed by atoms with Gasteiger partial charge in [0.1, 0.15) is 0 Å². The molecule has 0 aromatic heterocycles. The molecule has 0 heterocycles. The lowest BCUT2D eigenvalue weighted by Gasteiger charge is -2.37. The molecule has 3 rings (SSSR count). The second-order valence-corrected chi connectivity index (χ2v) is 5.51. The second kappa shape index (κ2) is 3.89. The largest absolute Gasteiger partial charge is 0.390 e. The molecule has 1 aromatic carbocycles. The number of hydrogen-bond donors (Lipinski definition) is 1. The van der Waals surface area contributed by atoms with Crippen LogP contribution in [-0.4, -0.2) is 10.7 Å². The van der Waals surface area contributed by atoms with Crippen molar-refractivity contribution < 1.29 is 5.11 Å². The lowest BCUT2D eigenvalue weighted by Crippen LogP contribution is -2.37. The van der Waals surface area contributed by atoms with Crippen molar-refractivity contribution in [2.24, 2.45) is 5.92 Å². The summed E-state index contributed by atoms with van der Waals surface area (Å²) in [6, 6.07) is 10.8. The first-order chi connectivity index (χ1) is 7.80. The van der Waals surface area contributed by atoms with Gasteiger partial charge in [0.15, 0.2) is 0 Å². The summed E-state index contributed by atoms with van der Waals surface area (Å²) in [6.45, 7) is 0. The summed E-state index contributed by atoms with van der Waals surface area (Å²) in [6.07, 6.45) is 6.95. The van der Waals surface area contributed by atoms with Crippen LogP contribution in [0.1, 0.15) is 50.0 Å². The van der Waals surface area contributed by atoms with Crippen LogP contribution in [0.5, 0.6) is 0 Å². The van der Waals surface area contributed by atoms with E-state index in [-0.39, 0.29) is 5.60 Å². The topological polar surface area (TPSA) is 20.2 Å². The Morgan fingerprint density at radius 2 is 1.81 bits per heavy atom. The summed E-state index contributed by atoms with van der Waals surface area (Å²) < 4.78 is 0. The fraction of sp³-hybridized carbons (Fsp3) is 0.600. The normalized spacial score (nSPS) is 38.3. The van der Waals surface area contributed by atoms with E-state index in [1.807, 2.05) is 0 Å². The van der Waals surface area contributed by atoms with Gasteiger partial charge in [0.05, 0.1) is 5.60 Å². The fourth-order valence-corrected chi connectivity index (χ4v) is 3.84. The average molecular weight is 216 g/mol. The molecule has 0 unspecified atom stereocenters. The Labute approximate surface area is 97.5 Å². The Bertz CT molecular complexity index is 359. The van der Waals surface area contributed by atoms with Crippen LogP contribution >= 0.6 is 0 Å². The van der Waals surface area contributed by atoms with Gasteiger partial charge in [0, 0.05) is 0 Å². The third-order valence-corrected chi connectivity index (χ3v) is 4.67. The van der Waals surface area contributed by atoms with E-state index < -0.39 is 0 Å². The van der Waals surface area contributed by atoms with Gasteiger partial charge in [-0.3, -0.25) is 0 Å². The molecule has 16 heavy (non-hydrogen) atoms. The van der Waals surface area contributed by atoms with Gasteiger partial charge in [-0.25, -0.2) is 0 Å². The molecule has 0 radical (unpaired) electrons. The Morgan fingerprint density at radius 1 is 1.00 bits per heavy atom. The maximum Gasteiger partial charge on any atom is 0.0681 e. The molecule has 2 fully saturated rings. The van der Waals surface area contributed by atoms with Crippen LogP contribution in [0.25, 0.3) is 0 Å². The van der Waals surface area contributed by atoms with Crippen molar-refractivity contribution in [2.45, 2.75) is 50.0 Å². The Balaban J connectivity index is 1.88. The molecule has 86 valence electrons. The van der Waals surface area contributed by atoms with E-state index >= 15 is 0 Å². The monoisotopic (exact) mass is 216 g/mol. The van der Waals surface area contributed by atoms with E-state index in [0.29, 0.717) is 11.8 Å². The molecule has 1 aromatic rings. The Hall–Kier alpha value is -0.820. The highest BCUT2D eigenvalue weighted by atomic mass is 16.3. The van der Waals surface area contributed by atoms with E-state index in [1.165, 1.54) is 31.2 Å². The van der Waals surface area contributed by atoms with Crippen molar-refractivity contribution in [3.05, 3.63) is 35.9 Å². The molecule has 2 saturated carbocycles. The molecule has 2 aliphatic rings. The van der Waals surface area contributed by atoms with Crippen LogP contribution in [0, 0.1) is 5.92 Å². The predicted molar refractivity (Wildman–Crippen MR) is 65.3 cm³/mol. The van der Waals surface area contributed by atoms with Gasteiger partial charge in [0.25, 0.3) is 0 Å². The first kappa shape index (κ1) is 10.3. The van der Waals surface area contributed by atoms with E-state index in [4.69, 9.17) is 0 Å². The first-order valence-corrected chi connectivity index (χ1v) is 6.57. The fourth-order valence-electron chi connectivity index (χ4n) is 3.84. The number of benzene rings is 1. The van der Waals surface area contributed by atoms with Crippen LogP contribution in [0.15, 0.2) is 30.3 Å². The predicted octanol–water partition coefficient (Wildman–Crippen LogP) is 3.49. The maximum atomic E-state index is 10.6. The van der Waals surface area contributed by atoms with Gasteiger partial charge in [-0.2, -0.15) is 0 Å². The van der Waals surface area contributed by atoms with Crippen molar-refractivity contribution in [3.8, 4) is 0 Å². The van der Waals surface area contributed by atoms with Gasteiger partial charge in [-0.05, 0) is 43.1 Å². The van der Waals surface area contributed by atoms with Crippen molar-refractivity contribution in [2.75, 3.05) is 0 Å². The highest BCUT2D eigenvalue weighted by Crippen LogP contribution is 2.52. The van der Waals surface area contributed by atoms with E-state index in [9.17, 15) is 5.11 Å². The highest BCUT2D eigenvalue weighted by molar-refractivity contribution is 5.24. The summed E-state index contributed by atoms with van der Waals surface area (Å²) in [5.41, 5.74) is 1.10. The summed E-state index contributed by atoms with van der Waals surface area (Å²) in [7, 11) is 0. The minimum absolute atomic E-state index is 0.335. The molecule has 0 saturated heterocycles. The van der Waals surface area contributed by atoms with Gasteiger partial charge < -0.3 is 5.11 Å². The number of fused-ring (bicyclic) bond motifs is 1. The first-order valence-electron chi connectivity index (χ1n) is 6.57. The number of rotatable bonds is 1. The van der Waals surface area contributed by atoms with Gasteiger partial charge in [-0.15, -0.1) is 0 Å². The third kappa shape index (κ3) is 1.58. The second-order valence-electron chi connectivity index (χ2n) is 5.51. The summed E-state index contributed by atoms with van der Waals surface area (Å²) >= 11 is 0. The molecule has 1 heteroatoms. The standard InChI is InChI=1S/C15H20O/c16-15-10-5-4-8-14(15)13(9-11-15)12-6-2-1-3-7-12/h1-3,6-7,13-14,16H,4-5,8-11H2/t13-,14+,15+/m0/s1. The molecule has 1 N–H and O–H groups in total.